The van der Waals surface area contributed by atoms with Crippen molar-refractivity contribution in [2.75, 3.05) is 6.54 Å². The summed E-state index contributed by atoms with van der Waals surface area (Å²) in [6, 6.07) is 0. The predicted molar refractivity (Wildman–Crippen MR) is 53.2 cm³/mol. The van der Waals surface area contributed by atoms with Gasteiger partial charge in [0, 0.05) is 5.92 Å². The number of hydrogen-bond donors (Lipinski definition) is 2. The minimum Gasteiger partial charge on any atom is -0.389 e. The normalized spacial score (nSPS) is 26.1. The van der Waals surface area contributed by atoms with Gasteiger partial charge in [0.25, 0.3) is 0 Å². The van der Waals surface area contributed by atoms with Crippen molar-refractivity contribution in [2.24, 2.45) is 23.5 Å². The summed E-state index contributed by atoms with van der Waals surface area (Å²) >= 11 is 0. The molecule has 76 valence electrons. The zero-order valence-electron chi connectivity index (χ0n) is 8.50. The van der Waals surface area contributed by atoms with Gasteiger partial charge in [0.05, 0.1) is 5.60 Å². The predicted octanol–water partition coefficient (Wildman–Crippen LogP) is 1.52. The van der Waals surface area contributed by atoms with Crippen molar-refractivity contribution < 1.29 is 5.11 Å². The molecule has 13 heavy (non-hydrogen) atoms. The van der Waals surface area contributed by atoms with Crippen LogP contribution in [0.5, 0.6) is 0 Å². The van der Waals surface area contributed by atoms with Gasteiger partial charge in [0.15, 0.2) is 0 Å². The standard InChI is InChI=1S/C11H21NO/c1-2-8(7-12)11(13,9-3-4-9)10-5-6-10/h8-10,13H,2-7,12H2,1H3. The highest BCUT2D eigenvalue weighted by Crippen LogP contribution is 2.55. The van der Waals surface area contributed by atoms with Crippen LogP contribution < -0.4 is 5.73 Å². The van der Waals surface area contributed by atoms with E-state index in [0.29, 0.717) is 24.3 Å². The number of hydrogen-bond acceptors (Lipinski definition) is 2. The van der Waals surface area contributed by atoms with Gasteiger partial charge in [-0.2, -0.15) is 0 Å². The van der Waals surface area contributed by atoms with E-state index in [1.165, 1.54) is 25.7 Å². The Morgan fingerprint density at radius 1 is 1.31 bits per heavy atom. The molecule has 1 atom stereocenters. The number of aliphatic hydroxyl groups is 1. The van der Waals surface area contributed by atoms with Crippen molar-refractivity contribution in [1.29, 1.82) is 0 Å². The lowest BCUT2D eigenvalue weighted by atomic mass is 9.77. The molecule has 2 aliphatic rings. The Labute approximate surface area is 80.5 Å². The van der Waals surface area contributed by atoms with Gasteiger partial charge in [0.2, 0.25) is 0 Å². The van der Waals surface area contributed by atoms with Crippen molar-refractivity contribution in [3.05, 3.63) is 0 Å². The molecule has 0 saturated heterocycles. The van der Waals surface area contributed by atoms with E-state index < -0.39 is 0 Å². The second-order valence-electron chi connectivity index (χ2n) is 4.78. The van der Waals surface area contributed by atoms with Crippen molar-refractivity contribution in [2.45, 2.75) is 44.6 Å². The zero-order chi connectivity index (χ0) is 9.47. The molecule has 0 aromatic rings. The first-order chi connectivity index (χ1) is 6.23. The molecule has 0 aromatic heterocycles. The fourth-order valence-electron chi connectivity index (χ4n) is 2.77. The third-order valence-electron chi connectivity index (χ3n) is 3.89. The first-order valence-corrected chi connectivity index (χ1v) is 5.65. The van der Waals surface area contributed by atoms with Crippen LogP contribution in [0.1, 0.15) is 39.0 Å². The number of nitrogens with two attached hydrogens (primary N) is 1. The summed E-state index contributed by atoms with van der Waals surface area (Å²) in [5.74, 6) is 1.49. The Bertz CT molecular complexity index is 169. The summed E-state index contributed by atoms with van der Waals surface area (Å²) in [6.07, 6.45) is 5.93. The third-order valence-corrected chi connectivity index (χ3v) is 3.89. The lowest BCUT2D eigenvalue weighted by molar-refractivity contribution is -0.0576. The summed E-state index contributed by atoms with van der Waals surface area (Å²) in [4.78, 5) is 0. The monoisotopic (exact) mass is 183 g/mol. The molecule has 2 rings (SSSR count). The second kappa shape index (κ2) is 3.25. The summed E-state index contributed by atoms with van der Waals surface area (Å²) in [6.45, 7) is 2.80. The Balaban J connectivity index is 2.09. The maximum Gasteiger partial charge on any atom is 0.0743 e. The molecule has 2 fully saturated rings. The highest BCUT2D eigenvalue weighted by molar-refractivity contribution is 5.07. The van der Waals surface area contributed by atoms with E-state index in [-0.39, 0.29) is 5.60 Å². The maximum absolute atomic E-state index is 10.7. The molecule has 1 unspecified atom stereocenters. The highest BCUT2D eigenvalue weighted by atomic mass is 16.3. The van der Waals surface area contributed by atoms with E-state index in [0.717, 1.165) is 6.42 Å². The van der Waals surface area contributed by atoms with Gasteiger partial charge in [-0.3, -0.25) is 0 Å². The van der Waals surface area contributed by atoms with Gasteiger partial charge >= 0.3 is 0 Å². The topological polar surface area (TPSA) is 46.2 Å². The smallest absolute Gasteiger partial charge is 0.0743 e. The van der Waals surface area contributed by atoms with Gasteiger partial charge in [-0.25, -0.2) is 0 Å². The summed E-state index contributed by atoms with van der Waals surface area (Å²) in [5, 5.41) is 10.7. The van der Waals surface area contributed by atoms with Gasteiger partial charge in [0.1, 0.15) is 0 Å². The summed E-state index contributed by atoms with van der Waals surface area (Å²) in [5.41, 5.74) is 5.36. The quantitative estimate of drug-likeness (QED) is 0.679. The molecule has 2 heteroatoms. The molecule has 0 bridgehead atoms. The van der Waals surface area contributed by atoms with E-state index in [1.807, 2.05) is 0 Å². The Morgan fingerprint density at radius 2 is 1.77 bits per heavy atom. The van der Waals surface area contributed by atoms with Crippen LogP contribution in [0.3, 0.4) is 0 Å². The first-order valence-electron chi connectivity index (χ1n) is 5.65. The van der Waals surface area contributed by atoms with Crippen molar-refractivity contribution in [3.63, 3.8) is 0 Å². The van der Waals surface area contributed by atoms with Gasteiger partial charge in [-0.1, -0.05) is 6.92 Å². The molecule has 0 spiro atoms. The van der Waals surface area contributed by atoms with Gasteiger partial charge in [-0.05, 0) is 50.5 Å². The van der Waals surface area contributed by atoms with Crippen LogP contribution in [0.15, 0.2) is 0 Å². The van der Waals surface area contributed by atoms with E-state index >= 15 is 0 Å². The molecule has 3 N–H and O–H groups in total. The fourth-order valence-corrected chi connectivity index (χ4v) is 2.77. The van der Waals surface area contributed by atoms with Crippen LogP contribution in [-0.2, 0) is 0 Å². The molecular weight excluding hydrogens is 162 g/mol. The lowest BCUT2D eigenvalue weighted by Gasteiger charge is -2.36. The summed E-state index contributed by atoms with van der Waals surface area (Å²) < 4.78 is 0. The van der Waals surface area contributed by atoms with E-state index in [9.17, 15) is 5.11 Å². The Kier molecular flexibility index (Phi) is 2.37. The van der Waals surface area contributed by atoms with Crippen LogP contribution in [0.4, 0.5) is 0 Å². The van der Waals surface area contributed by atoms with Crippen LogP contribution >= 0.6 is 0 Å². The van der Waals surface area contributed by atoms with Gasteiger partial charge < -0.3 is 10.8 Å². The zero-order valence-corrected chi connectivity index (χ0v) is 8.50. The molecule has 0 aliphatic heterocycles. The fraction of sp³-hybridized carbons (Fsp3) is 1.00. The lowest BCUT2D eigenvalue weighted by Crippen LogP contribution is -2.45. The minimum absolute atomic E-state index is 0.340. The Hall–Kier alpha value is -0.0800. The maximum atomic E-state index is 10.7. The van der Waals surface area contributed by atoms with Crippen LogP contribution in [-0.4, -0.2) is 17.3 Å². The largest absolute Gasteiger partial charge is 0.389 e. The minimum atomic E-state index is -0.385. The molecule has 0 amide bonds. The second-order valence-corrected chi connectivity index (χ2v) is 4.78. The third kappa shape index (κ3) is 1.50. The molecule has 0 heterocycles. The van der Waals surface area contributed by atoms with E-state index in [1.54, 1.807) is 0 Å². The van der Waals surface area contributed by atoms with Crippen molar-refractivity contribution in [1.82, 2.24) is 0 Å². The first kappa shape index (κ1) is 9.47. The molecule has 2 saturated carbocycles. The average molecular weight is 183 g/mol. The molecule has 2 nitrogen and oxygen atoms in total. The molecular formula is C11H21NO. The highest BCUT2D eigenvalue weighted by Gasteiger charge is 2.56. The van der Waals surface area contributed by atoms with Crippen LogP contribution in [0.25, 0.3) is 0 Å². The molecule has 2 aliphatic carbocycles. The Morgan fingerprint density at radius 3 is 2.00 bits per heavy atom. The van der Waals surface area contributed by atoms with Crippen molar-refractivity contribution >= 4 is 0 Å². The number of rotatable bonds is 5. The van der Waals surface area contributed by atoms with E-state index in [2.05, 4.69) is 6.92 Å². The molecule has 0 radical (unpaired) electrons. The molecule has 0 aromatic carbocycles. The van der Waals surface area contributed by atoms with E-state index in [4.69, 9.17) is 5.73 Å². The van der Waals surface area contributed by atoms with Gasteiger partial charge in [-0.15, -0.1) is 0 Å². The van der Waals surface area contributed by atoms with Crippen LogP contribution in [0.2, 0.25) is 0 Å². The van der Waals surface area contributed by atoms with Crippen LogP contribution in [0, 0.1) is 17.8 Å². The average Bonchev–Trinajstić information content (AvgIpc) is 2.98. The van der Waals surface area contributed by atoms with Crippen molar-refractivity contribution in [3.8, 4) is 0 Å². The summed E-state index contributed by atoms with van der Waals surface area (Å²) in [7, 11) is 0. The SMILES string of the molecule is CCC(CN)C(O)(C1CC1)C1CC1.